The molecule has 1 atom stereocenters. The van der Waals surface area contributed by atoms with Crippen molar-refractivity contribution in [1.29, 1.82) is 0 Å². The molecule has 0 aromatic carbocycles. The summed E-state index contributed by atoms with van der Waals surface area (Å²) in [6.07, 6.45) is 0.0694. The van der Waals surface area contributed by atoms with Gasteiger partial charge in [-0.05, 0) is 26.3 Å². The summed E-state index contributed by atoms with van der Waals surface area (Å²) in [5.41, 5.74) is 1.03. The van der Waals surface area contributed by atoms with Crippen LogP contribution in [0.15, 0.2) is 12.2 Å². The molecular weight excluding hydrogens is 140 g/mol. The zero-order valence-corrected chi connectivity index (χ0v) is 7.72. The van der Waals surface area contributed by atoms with E-state index in [1.807, 2.05) is 20.8 Å². The Morgan fingerprint density at radius 2 is 2.00 bits per heavy atom. The van der Waals surface area contributed by atoms with E-state index >= 15 is 0 Å². The fourth-order valence-corrected chi connectivity index (χ4v) is 0.759. The quantitative estimate of drug-likeness (QED) is 0.550. The smallest absolute Gasteiger partial charge is 0.101 e. The van der Waals surface area contributed by atoms with Gasteiger partial charge in [0.05, 0.1) is 6.61 Å². The Balaban J connectivity index is 3.60. The molecule has 0 aromatic heterocycles. The predicted molar refractivity (Wildman–Crippen MR) is 46.7 cm³/mol. The SMILES string of the molecule is C=C(C)C(COCC)OCC. The van der Waals surface area contributed by atoms with E-state index in [0.29, 0.717) is 13.2 Å². The van der Waals surface area contributed by atoms with E-state index in [9.17, 15) is 0 Å². The van der Waals surface area contributed by atoms with Crippen molar-refractivity contribution in [3.63, 3.8) is 0 Å². The molecule has 0 aliphatic rings. The van der Waals surface area contributed by atoms with Gasteiger partial charge < -0.3 is 9.47 Å². The Hall–Kier alpha value is -0.340. The van der Waals surface area contributed by atoms with Crippen LogP contribution in [0.25, 0.3) is 0 Å². The zero-order chi connectivity index (χ0) is 8.69. The topological polar surface area (TPSA) is 18.5 Å². The van der Waals surface area contributed by atoms with Crippen LogP contribution in [0.4, 0.5) is 0 Å². The maximum atomic E-state index is 5.38. The zero-order valence-electron chi connectivity index (χ0n) is 7.72. The van der Waals surface area contributed by atoms with Crippen molar-refractivity contribution in [2.24, 2.45) is 0 Å². The Bertz CT molecular complexity index is 110. The Labute approximate surface area is 69.2 Å². The largest absolute Gasteiger partial charge is 0.379 e. The molecule has 0 N–H and O–H groups in total. The summed E-state index contributed by atoms with van der Waals surface area (Å²) >= 11 is 0. The van der Waals surface area contributed by atoms with Gasteiger partial charge in [0.15, 0.2) is 0 Å². The minimum absolute atomic E-state index is 0.0694. The molecule has 0 rings (SSSR count). The van der Waals surface area contributed by atoms with Crippen LogP contribution in [0.2, 0.25) is 0 Å². The van der Waals surface area contributed by atoms with E-state index in [1.165, 1.54) is 0 Å². The summed E-state index contributed by atoms with van der Waals surface area (Å²) in [5, 5.41) is 0. The van der Waals surface area contributed by atoms with Crippen LogP contribution >= 0.6 is 0 Å². The number of hydrogen-bond donors (Lipinski definition) is 0. The molecule has 0 fully saturated rings. The van der Waals surface area contributed by atoms with Gasteiger partial charge in [-0.2, -0.15) is 0 Å². The Kier molecular flexibility index (Phi) is 6.18. The lowest BCUT2D eigenvalue weighted by Crippen LogP contribution is -2.20. The van der Waals surface area contributed by atoms with Crippen LogP contribution in [0.1, 0.15) is 20.8 Å². The van der Waals surface area contributed by atoms with Crippen LogP contribution in [-0.2, 0) is 9.47 Å². The van der Waals surface area contributed by atoms with Gasteiger partial charge in [0.25, 0.3) is 0 Å². The molecule has 0 aromatic rings. The second-order valence-corrected chi connectivity index (χ2v) is 2.45. The van der Waals surface area contributed by atoms with Gasteiger partial charge in [-0.15, -0.1) is 0 Å². The molecule has 66 valence electrons. The van der Waals surface area contributed by atoms with E-state index in [4.69, 9.17) is 9.47 Å². The fraction of sp³-hybridized carbons (Fsp3) is 0.778. The monoisotopic (exact) mass is 158 g/mol. The summed E-state index contributed by atoms with van der Waals surface area (Å²) in [6, 6.07) is 0. The molecule has 0 saturated carbocycles. The average Bonchev–Trinajstić information content (AvgIpc) is 1.97. The van der Waals surface area contributed by atoms with Crippen LogP contribution in [0.3, 0.4) is 0 Å². The lowest BCUT2D eigenvalue weighted by Gasteiger charge is -2.16. The predicted octanol–water partition coefficient (Wildman–Crippen LogP) is 2.00. The van der Waals surface area contributed by atoms with Gasteiger partial charge in [0.2, 0.25) is 0 Å². The van der Waals surface area contributed by atoms with E-state index in [0.717, 1.165) is 12.2 Å². The number of hydrogen-bond acceptors (Lipinski definition) is 2. The number of rotatable bonds is 6. The highest BCUT2D eigenvalue weighted by Gasteiger charge is 2.07. The third-order valence-corrected chi connectivity index (χ3v) is 1.39. The van der Waals surface area contributed by atoms with Crippen LogP contribution in [0, 0.1) is 0 Å². The summed E-state index contributed by atoms with van der Waals surface area (Å²) in [5.74, 6) is 0. The van der Waals surface area contributed by atoms with Crippen molar-refractivity contribution >= 4 is 0 Å². The van der Waals surface area contributed by atoms with Gasteiger partial charge in [-0.25, -0.2) is 0 Å². The van der Waals surface area contributed by atoms with Crippen LogP contribution < -0.4 is 0 Å². The maximum Gasteiger partial charge on any atom is 0.101 e. The van der Waals surface area contributed by atoms with Crippen molar-refractivity contribution < 1.29 is 9.47 Å². The minimum atomic E-state index is 0.0694. The van der Waals surface area contributed by atoms with Gasteiger partial charge in [0.1, 0.15) is 6.10 Å². The lowest BCUT2D eigenvalue weighted by atomic mass is 10.2. The van der Waals surface area contributed by atoms with Gasteiger partial charge in [-0.1, -0.05) is 6.58 Å². The molecule has 0 amide bonds. The molecule has 0 radical (unpaired) electrons. The van der Waals surface area contributed by atoms with Gasteiger partial charge in [0, 0.05) is 13.2 Å². The van der Waals surface area contributed by atoms with Gasteiger partial charge in [-0.3, -0.25) is 0 Å². The van der Waals surface area contributed by atoms with Crippen LogP contribution in [0.5, 0.6) is 0 Å². The molecule has 0 aliphatic carbocycles. The first-order valence-corrected chi connectivity index (χ1v) is 4.07. The molecule has 11 heavy (non-hydrogen) atoms. The second-order valence-electron chi connectivity index (χ2n) is 2.45. The molecule has 0 aliphatic heterocycles. The first-order valence-electron chi connectivity index (χ1n) is 4.07. The second kappa shape index (κ2) is 6.38. The van der Waals surface area contributed by atoms with Crippen LogP contribution in [-0.4, -0.2) is 25.9 Å². The van der Waals surface area contributed by atoms with Crippen molar-refractivity contribution in [3.05, 3.63) is 12.2 Å². The Morgan fingerprint density at radius 3 is 2.36 bits per heavy atom. The fourth-order valence-electron chi connectivity index (χ4n) is 0.759. The summed E-state index contributed by atoms with van der Waals surface area (Å²) in [4.78, 5) is 0. The molecular formula is C9H18O2. The molecule has 1 unspecified atom stereocenters. The molecule has 0 saturated heterocycles. The molecule has 0 heterocycles. The highest BCUT2D eigenvalue weighted by molar-refractivity contribution is 4.97. The summed E-state index contributed by atoms with van der Waals surface area (Å²) in [7, 11) is 0. The molecule has 2 heteroatoms. The van der Waals surface area contributed by atoms with E-state index < -0.39 is 0 Å². The van der Waals surface area contributed by atoms with E-state index in [2.05, 4.69) is 6.58 Å². The summed E-state index contributed by atoms with van der Waals surface area (Å²) < 4.78 is 10.6. The number of ether oxygens (including phenoxy) is 2. The van der Waals surface area contributed by atoms with Crippen molar-refractivity contribution in [1.82, 2.24) is 0 Å². The van der Waals surface area contributed by atoms with E-state index in [1.54, 1.807) is 0 Å². The third kappa shape index (κ3) is 4.99. The minimum Gasteiger partial charge on any atom is -0.379 e. The Morgan fingerprint density at radius 1 is 1.36 bits per heavy atom. The average molecular weight is 158 g/mol. The first kappa shape index (κ1) is 10.7. The highest BCUT2D eigenvalue weighted by atomic mass is 16.5. The van der Waals surface area contributed by atoms with E-state index in [-0.39, 0.29) is 6.10 Å². The molecule has 0 spiro atoms. The third-order valence-electron chi connectivity index (χ3n) is 1.39. The highest BCUT2D eigenvalue weighted by Crippen LogP contribution is 2.03. The van der Waals surface area contributed by atoms with Gasteiger partial charge >= 0.3 is 0 Å². The van der Waals surface area contributed by atoms with Crippen molar-refractivity contribution in [3.8, 4) is 0 Å². The normalized spacial score (nSPS) is 13.0. The lowest BCUT2D eigenvalue weighted by molar-refractivity contribution is 0.0117. The standard InChI is InChI=1S/C9H18O2/c1-5-10-7-9(8(3)4)11-6-2/h9H,3,5-7H2,1-2,4H3. The maximum absolute atomic E-state index is 5.38. The van der Waals surface area contributed by atoms with Crippen molar-refractivity contribution in [2.45, 2.75) is 26.9 Å². The summed E-state index contributed by atoms with van der Waals surface area (Å²) in [6.45, 7) is 11.8. The van der Waals surface area contributed by atoms with Crippen molar-refractivity contribution in [2.75, 3.05) is 19.8 Å². The first-order chi connectivity index (χ1) is 5.22. The molecule has 0 bridgehead atoms. The molecule has 2 nitrogen and oxygen atoms in total.